The lowest BCUT2D eigenvalue weighted by Crippen LogP contribution is -2.73. The van der Waals surface area contributed by atoms with Gasteiger partial charge in [-0.25, -0.2) is 10.2 Å². The lowest BCUT2D eigenvalue weighted by molar-refractivity contribution is -0.825. The molecule has 0 amide bonds. The predicted molar refractivity (Wildman–Crippen MR) is 90.3 cm³/mol. The van der Waals surface area contributed by atoms with E-state index in [0.717, 1.165) is 44.1 Å². The molecule has 4 aromatic rings. The summed E-state index contributed by atoms with van der Waals surface area (Å²) in [5.41, 5.74) is 5.68. The Bertz CT molecular complexity index is 962. The van der Waals surface area contributed by atoms with E-state index in [1.807, 2.05) is 47.8 Å². The standard InChI is InChI=1S/C16H13N5OS/c22-21-13-3-1-2-10(6-13)15-9-23-16(19-15)18-12-4-5-14-11(7-12)8-17-20-14/h1-9,21-22H,(H,17,20)(H,18,19)/p+1. The van der Waals surface area contributed by atoms with Gasteiger partial charge < -0.3 is 5.32 Å². The molecule has 0 atom stereocenters. The number of quaternary nitrogens is 1. The summed E-state index contributed by atoms with van der Waals surface area (Å²) in [6.45, 7) is 0. The van der Waals surface area contributed by atoms with Gasteiger partial charge in [-0.15, -0.1) is 11.3 Å². The Hall–Kier alpha value is -2.74. The van der Waals surface area contributed by atoms with Gasteiger partial charge in [0.15, 0.2) is 10.8 Å². The fourth-order valence-electron chi connectivity index (χ4n) is 2.39. The molecule has 6 nitrogen and oxygen atoms in total. The van der Waals surface area contributed by atoms with Gasteiger partial charge in [-0.2, -0.15) is 10.6 Å². The summed E-state index contributed by atoms with van der Waals surface area (Å²) in [4.78, 5) is 4.61. The molecule has 0 unspecified atom stereocenters. The maximum Gasteiger partial charge on any atom is 0.187 e. The van der Waals surface area contributed by atoms with Crippen LogP contribution in [0.4, 0.5) is 16.5 Å². The zero-order chi connectivity index (χ0) is 15.6. The van der Waals surface area contributed by atoms with Crippen LogP contribution >= 0.6 is 11.3 Å². The zero-order valence-corrected chi connectivity index (χ0v) is 12.8. The number of fused-ring (bicyclic) bond motifs is 1. The molecule has 0 aliphatic heterocycles. The van der Waals surface area contributed by atoms with Gasteiger partial charge in [0.2, 0.25) is 0 Å². The molecular weight excluding hydrogens is 310 g/mol. The average molecular weight is 324 g/mol. The molecule has 0 saturated heterocycles. The number of aromatic amines is 1. The Labute approximate surface area is 135 Å². The van der Waals surface area contributed by atoms with Crippen LogP contribution in [0.2, 0.25) is 0 Å². The number of hydrogen-bond acceptors (Lipinski definition) is 5. The molecule has 0 fully saturated rings. The van der Waals surface area contributed by atoms with Crippen molar-refractivity contribution >= 4 is 38.7 Å². The summed E-state index contributed by atoms with van der Waals surface area (Å²) in [5, 5.41) is 23.3. The number of rotatable bonds is 4. The normalized spacial score (nSPS) is 11.0. The van der Waals surface area contributed by atoms with E-state index >= 15 is 0 Å². The number of nitrogens with two attached hydrogens (primary N) is 1. The fourth-order valence-corrected chi connectivity index (χ4v) is 3.13. The molecule has 2 heterocycles. The van der Waals surface area contributed by atoms with E-state index < -0.39 is 0 Å². The highest BCUT2D eigenvalue weighted by molar-refractivity contribution is 7.14. The molecule has 5 N–H and O–H groups in total. The van der Waals surface area contributed by atoms with Crippen LogP contribution in [0.3, 0.4) is 0 Å². The Kier molecular flexibility index (Phi) is 3.51. The van der Waals surface area contributed by atoms with E-state index in [1.165, 1.54) is 0 Å². The molecule has 2 aromatic heterocycles. The molecule has 0 radical (unpaired) electrons. The van der Waals surface area contributed by atoms with Crippen molar-refractivity contribution in [3.63, 3.8) is 0 Å². The van der Waals surface area contributed by atoms with E-state index in [4.69, 9.17) is 5.21 Å². The van der Waals surface area contributed by atoms with Crippen LogP contribution in [-0.2, 0) is 0 Å². The summed E-state index contributed by atoms with van der Waals surface area (Å²) in [6, 6.07) is 13.6. The first kappa shape index (κ1) is 13.9. The zero-order valence-electron chi connectivity index (χ0n) is 12.0. The van der Waals surface area contributed by atoms with Gasteiger partial charge in [0.1, 0.15) is 0 Å². The molecule has 4 rings (SSSR count). The van der Waals surface area contributed by atoms with E-state index in [0.29, 0.717) is 0 Å². The van der Waals surface area contributed by atoms with Gasteiger partial charge in [0.25, 0.3) is 0 Å². The molecule has 7 heteroatoms. The first-order valence-electron chi connectivity index (χ1n) is 7.05. The minimum absolute atomic E-state index is 0.760. The molecule has 23 heavy (non-hydrogen) atoms. The number of nitrogens with zero attached hydrogens (tertiary/aromatic N) is 2. The number of thiazole rings is 1. The van der Waals surface area contributed by atoms with Crippen molar-refractivity contribution < 1.29 is 10.7 Å². The topological polar surface area (TPSA) is 90.4 Å². The van der Waals surface area contributed by atoms with Crippen molar-refractivity contribution in [2.75, 3.05) is 5.32 Å². The molecule has 2 aromatic carbocycles. The molecule has 0 bridgehead atoms. The van der Waals surface area contributed by atoms with E-state index in [1.54, 1.807) is 17.5 Å². The van der Waals surface area contributed by atoms with E-state index in [2.05, 4.69) is 20.5 Å². The van der Waals surface area contributed by atoms with Gasteiger partial charge in [-0.3, -0.25) is 5.10 Å². The highest BCUT2D eigenvalue weighted by atomic mass is 32.1. The van der Waals surface area contributed by atoms with Crippen LogP contribution in [0.15, 0.2) is 54.0 Å². The van der Waals surface area contributed by atoms with Crippen LogP contribution < -0.4 is 10.8 Å². The van der Waals surface area contributed by atoms with Gasteiger partial charge in [0.05, 0.1) is 17.4 Å². The van der Waals surface area contributed by atoms with Crippen LogP contribution in [0.5, 0.6) is 0 Å². The van der Waals surface area contributed by atoms with Crippen molar-refractivity contribution in [3.05, 3.63) is 54.0 Å². The second-order valence-corrected chi connectivity index (χ2v) is 5.95. The number of benzene rings is 2. The average Bonchev–Trinajstić information content (AvgIpc) is 3.24. The van der Waals surface area contributed by atoms with Crippen molar-refractivity contribution in [1.82, 2.24) is 15.2 Å². The van der Waals surface area contributed by atoms with Gasteiger partial charge in [0, 0.05) is 34.1 Å². The Morgan fingerprint density at radius 2 is 2.13 bits per heavy atom. The Morgan fingerprint density at radius 1 is 1.17 bits per heavy atom. The lowest BCUT2D eigenvalue weighted by Gasteiger charge is -2.02. The summed E-state index contributed by atoms with van der Waals surface area (Å²) in [7, 11) is 0. The van der Waals surface area contributed by atoms with Crippen molar-refractivity contribution in [2.45, 2.75) is 0 Å². The molecule has 114 valence electrons. The van der Waals surface area contributed by atoms with Crippen molar-refractivity contribution in [3.8, 4) is 11.3 Å². The number of H-pyrrole nitrogens is 1. The fraction of sp³-hybridized carbons (Fsp3) is 0. The van der Waals surface area contributed by atoms with Crippen LogP contribution in [-0.4, -0.2) is 20.4 Å². The highest BCUT2D eigenvalue weighted by Crippen LogP contribution is 2.28. The minimum Gasteiger partial charge on any atom is -0.332 e. The maximum atomic E-state index is 9.11. The SMILES string of the molecule is O[NH2+]c1cccc(-c2csc(Nc3ccc4[nH]ncc4c3)n2)c1. The molecule has 0 aliphatic rings. The van der Waals surface area contributed by atoms with Gasteiger partial charge in [-0.05, 0) is 18.2 Å². The first-order chi connectivity index (χ1) is 11.3. The third kappa shape index (κ3) is 2.80. The van der Waals surface area contributed by atoms with Crippen LogP contribution in [0.25, 0.3) is 22.2 Å². The molecule has 0 saturated carbocycles. The number of hydrogen-bond donors (Lipinski definition) is 4. The van der Waals surface area contributed by atoms with Crippen LogP contribution in [0, 0.1) is 0 Å². The molecule has 0 spiro atoms. The monoisotopic (exact) mass is 324 g/mol. The smallest absolute Gasteiger partial charge is 0.187 e. The van der Waals surface area contributed by atoms with Gasteiger partial charge in [-0.1, -0.05) is 12.1 Å². The second kappa shape index (κ2) is 5.81. The van der Waals surface area contributed by atoms with Gasteiger partial charge >= 0.3 is 0 Å². The van der Waals surface area contributed by atoms with Crippen molar-refractivity contribution in [2.24, 2.45) is 0 Å². The minimum atomic E-state index is 0.760. The second-order valence-electron chi connectivity index (χ2n) is 5.09. The largest absolute Gasteiger partial charge is 0.332 e. The van der Waals surface area contributed by atoms with Crippen LogP contribution in [0.1, 0.15) is 0 Å². The third-order valence-electron chi connectivity index (χ3n) is 3.53. The Balaban J connectivity index is 1.59. The quantitative estimate of drug-likeness (QED) is 0.343. The predicted octanol–water partition coefficient (Wildman–Crippen LogP) is 3.01. The summed E-state index contributed by atoms with van der Waals surface area (Å²) in [5.74, 6) is 0. The lowest BCUT2D eigenvalue weighted by atomic mass is 10.1. The Morgan fingerprint density at radius 3 is 3.04 bits per heavy atom. The maximum absolute atomic E-state index is 9.11. The summed E-state index contributed by atoms with van der Waals surface area (Å²) < 4.78 is 0. The summed E-state index contributed by atoms with van der Waals surface area (Å²) in [6.07, 6.45) is 1.80. The molecule has 0 aliphatic carbocycles. The number of anilines is 2. The van der Waals surface area contributed by atoms with E-state index in [-0.39, 0.29) is 0 Å². The number of aromatic nitrogens is 3. The highest BCUT2D eigenvalue weighted by Gasteiger charge is 2.07. The van der Waals surface area contributed by atoms with E-state index in [9.17, 15) is 0 Å². The summed E-state index contributed by atoms with van der Waals surface area (Å²) >= 11 is 1.54. The molecular formula is C16H14N5OS+. The first-order valence-corrected chi connectivity index (χ1v) is 7.93. The van der Waals surface area contributed by atoms with Crippen molar-refractivity contribution in [1.29, 1.82) is 0 Å². The number of nitrogens with one attached hydrogen (secondary N) is 2. The third-order valence-corrected chi connectivity index (χ3v) is 4.28.